The van der Waals surface area contributed by atoms with Gasteiger partial charge in [0, 0.05) is 18.5 Å². The first-order valence-electron chi connectivity index (χ1n) is 6.48. The van der Waals surface area contributed by atoms with Crippen LogP contribution in [0.5, 0.6) is 0 Å². The van der Waals surface area contributed by atoms with Crippen LogP contribution in [0.2, 0.25) is 5.02 Å². The van der Waals surface area contributed by atoms with Gasteiger partial charge in [-0.3, -0.25) is 16.0 Å². The first-order valence-corrected chi connectivity index (χ1v) is 7.65. The lowest BCUT2D eigenvalue weighted by Gasteiger charge is -2.17. The maximum atomic E-state index is 5.92. The van der Waals surface area contributed by atoms with Gasteiger partial charge in [-0.05, 0) is 40.0 Å². The maximum absolute atomic E-state index is 5.92. The minimum atomic E-state index is 0.0173. The topological polar surface area (TPSA) is 55.9 Å². The molecule has 1 atom stereocenters. The molecule has 1 aromatic carbocycles. The Hall–Kier alpha value is -0.880. The van der Waals surface area contributed by atoms with E-state index in [1.165, 1.54) is 0 Å². The normalized spacial score (nSPS) is 12.7. The van der Waals surface area contributed by atoms with Crippen molar-refractivity contribution in [3.8, 4) is 0 Å². The minimum absolute atomic E-state index is 0.0173. The van der Waals surface area contributed by atoms with Crippen molar-refractivity contribution in [2.75, 3.05) is 0 Å². The van der Waals surface area contributed by atoms with E-state index in [2.05, 4.69) is 33.4 Å². The fourth-order valence-electron chi connectivity index (χ4n) is 2.20. The molecule has 0 amide bonds. The van der Waals surface area contributed by atoms with Crippen molar-refractivity contribution >= 4 is 27.5 Å². The Morgan fingerprint density at radius 1 is 1.40 bits per heavy atom. The van der Waals surface area contributed by atoms with E-state index in [1.54, 1.807) is 0 Å². The van der Waals surface area contributed by atoms with Gasteiger partial charge in [0.2, 0.25) is 0 Å². The van der Waals surface area contributed by atoms with E-state index in [1.807, 2.05) is 36.0 Å². The number of aryl methyl sites for hydroxylation is 2. The Balaban J connectivity index is 2.26. The summed E-state index contributed by atoms with van der Waals surface area (Å²) in [5.74, 6) is 5.70. The van der Waals surface area contributed by atoms with Crippen molar-refractivity contribution in [1.82, 2.24) is 15.2 Å². The molecule has 0 spiro atoms. The Morgan fingerprint density at radius 2 is 2.05 bits per heavy atom. The number of aromatic nitrogens is 2. The number of nitrogens with one attached hydrogen (secondary N) is 1. The zero-order valence-electron chi connectivity index (χ0n) is 11.5. The SMILES string of the molecule is CCc1nn(C)c(CC(NN)c2ccc(Cl)cc2)c1Br. The monoisotopic (exact) mass is 356 g/mol. The molecular weight excluding hydrogens is 340 g/mol. The van der Waals surface area contributed by atoms with Gasteiger partial charge in [-0.15, -0.1) is 0 Å². The summed E-state index contributed by atoms with van der Waals surface area (Å²) in [7, 11) is 1.95. The van der Waals surface area contributed by atoms with E-state index < -0.39 is 0 Å². The summed E-state index contributed by atoms with van der Waals surface area (Å²) in [5.41, 5.74) is 6.15. The molecule has 0 saturated carbocycles. The molecule has 2 aromatic rings. The Morgan fingerprint density at radius 3 is 2.55 bits per heavy atom. The largest absolute Gasteiger partial charge is 0.271 e. The summed E-state index contributed by atoms with van der Waals surface area (Å²) in [5, 5.41) is 5.23. The number of hydrogen-bond acceptors (Lipinski definition) is 3. The molecule has 0 aliphatic rings. The minimum Gasteiger partial charge on any atom is -0.271 e. The Kier molecular flexibility index (Phi) is 5.21. The average molecular weight is 358 g/mol. The second-order valence-electron chi connectivity index (χ2n) is 4.66. The summed E-state index contributed by atoms with van der Waals surface area (Å²) in [4.78, 5) is 0. The van der Waals surface area contributed by atoms with Gasteiger partial charge < -0.3 is 0 Å². The van der Waals surface area contributed by atoms with Crippen LogP contribution in [0.25, 0.3) is 0 Å². The smallest absolute Gasteiger partial charge is 0.0766 e. The number of nitrogens with two attached hydrogens (primary N) is 1. The number of benzene rings is 1. The van der Waals surface area contributed by atoms with E-state index in [4.69, 9.17) is 17.4 Å². The highest BCUT2D eigenvalue weighted by molar-refractivity contribution is 9.10. The molecule has 4 nitrogen and oxygen atoms in total. The van der Waals surface area contributed by atoms with Crippen LogP contribution in [0.1, 0.15) is 29.9 Å². The Labute approximate surface area is 132 Å². The highest BCUT2D eigenvalue weighted by Gasteiger charge is 2.18. The first kappa shape index (κ1) is 15.5. The van der Waals surface area contributed by atoms with Gasteiger partial charge in [-0.25, -0.2) is 0 Å². The summed E-state index contributed by atoms with van der Waals surface area (Å²) in [6.45, 7) is 2.09. The highest BCUT2D eigenvalue weighted by Crippen LogP contribution is 2.27. The van der Waals surface area contributed by atoms with Crippen LogP contribution >= 0.6 is 27.5 Å². The van der Waals surface area contributed by atoms with Gasteiger partial charge in [-0.2, -0.15) is 5.10 Å². The Bertz CT molecular complexity index is 580. The molecule has 0 aliphatic heterocycles. The predicted molar refractivity (Wildman–Crippen MR) is 85.5 cm³/mol. The molecule has 20 heavy (non-hydrogen) atoms. The first-order chi connectivity index (χ1) is 9.56. The van der Waals surface area contributed by atoms with Crippen LogP contribution in [0.4, 0.5) is 0 Å². The zero-order chi connectivity index (χ0) is 14.7. The summed E-state index contributed by atoms with van der Waals surface area (Å²) in [6, 6.07) is 7.73. The van der Waals surface area contributed by atoms with Crippen molar-refractivity contribution in [1.29, 1.82) is 0 Å². The van der Waals surface area contributed by atoms with Crippen molar-refractivity contribution in [2.24, 2.45) is 12.9 Å². The molecule has 6 heteroatoms. The summed E-state index contributed by atoms with van der Waals surface area (Å²) >= 11 is 9.55. The molecule has 2 rings (SSSR count). The second-order valence-corrected chi connectivity index (χ2v) is 5.89. The number of hydrazine groups is 1. The van der Waals surface area contributed by atoms with Crippen LogP contribution in [0.15, 0.2) is 28.7 Å². The van der Waals surface area contributed by atoms with Crippen molar-refractivity contribution < 1.29 is 0 Å². The predicted octanol–water partition coefficient (Wildman–Crippen LogP) is 3.15. The van der Waals surface area contributed by atoms with Gasteiger partial charge >= 0.3 is 0 Å². The fourth-order valence-corrected chi connectivity index (χ4v) is 3.11. The number of rotatable bonds is 5. The second kappa shape index (κ2) is 6.72. The molecule has 0 aliphatic carbocycles. The van der Waals surface area contributed by atoms with Crippen LogP contribution in [-0.4, -0.2) is 9.78 Å². The third-order valence-corrected chi connectivity index (χ3v) is 4.54. The van der Waals surface area contributed by atoms with Crippen LogP contribution in [0.3, 0.4) is 0 Å². The lowest BCUT2D eigenvalue weighted by molar-refractivity contribution is 0.529. The summed E-state index contributed by atoms with van der Waals surface area (Å²) < 4.78 is 2.97. The molecule has 0 radical (unpaired) electrons. The standard InChI is InChI=1S/C14H18BrClN4/c1-3-11-14(15)13(20(2)19-11)8-12(18-17)9-4-6-10(16)7-5-9/h4-7,12,18H,3,8,17H2,1-2H3. The number of halogens is 2. The number of hydrogen-bond donors (Lipinski definition) is 2. The van der Waals surface area contributed by atoms with Crippen LogP contribution in [0, 0.1) is 0 Å². The van der Waals surface area contributed by atoms with Gasteiger partial charge in [-0.1, -0.05) is 30.7 Å². The fraction of sp³-hybridized carbons (Fsp3) is 0.357. The molecule has 3 N–H and O–H groups in total. The zero-order valence-corrected chi connectivity index (χ0v) is 13.9. The highest BCUT2D eigenvalue weighted by atomic mass is 79.9. The van der Waals surface area contributed by atoms with Crippen molar-refractivity contribution in [2.45, 2.75) is 25.8 Å². The van der Waals surface area contributed by atoms with Crippen molar-refractivity contribution in [3.63, 3.8) is 0 Å². The van der Waals surface area contributed by atoms with Gasteiger partial charge in [0.1, 0.15) is 0 Å². The van der Waals surface area contributed by atoms with E-state index >= 15 is 0 Å². The van der Waals surface area contributed by atoms with E-state index in [0.29, 0.717) is 0 Å². The lowest BCUT2D eigenvalue weighted by atomic mass is 10.0. The molecular formula is C14H18BrClN4. The third kappa shape index (κ3) is 3.23. The van der Waals surface area contributed by atoms with Crippen LogP contribution in [-0.2, 0) is 19.9 Å². The molecule has 1 aromatic heterocycles. The lowest BCUT2D eigenvalue weighted by Crippen LogP contribution is -2.30. The number of nitrogens with zero attached hydrogens (tertiary/aromatic N) is 2. The van der Waals surface area contributed by atoms with E-state index in [9.17, 15) is 0 Å². The average Bonchev–Trinajstić information content (AvgIpc) is 2.72. The van der Waals surface area contributed by atoms with Gasteiger partial charge in [0.25, 0.3) is 0 Å². The van der Waals surface area contributed by atoms with Gasteiger partial charge in [0.15, 0.2) is 0 Å². The third-order valence-electron chi connectivity index (χ3n) is 3.37. The summed E-state index contributed by atoms with van der Waals surface area (Å²) in [6.07, 6.45) is 1.65. The molecule has 1 heterocycles. The van der Waals surface area contributed by atoms with E-state index in [-0.39, 0.29) is 6.04 Å². The quantitative estimate of drug-likeness (QED) is 0.638. The molecule has 108 valence electrons. The van der Waals surface area contributed by atoms with Gasteiger partial charge in [0.05, 0.1) is 21.9 Å². The van der Waals surface area contributed by atoms with Crippen molar-refractivity contribution in [3.05, 3.63) is 50.7 Å². The van der Waals surface area contributed by atoms with E-state index in [0.717, 1.165) is 39.3 Å². The molecule has 0 bridgehead atoms. The molecule has 0 fully saturated rings. The maximum Gasteiger partial charge on any atom is 0.0766 e. The molecule has 1 unspecified atom stereocenters. The molecule has 0 saturated heterocycles. The van der Waals surface area contributed by atoms with Crippen LogP contribution < -0.4 is 11.3 Å².